The Balaban J connectivity index is 1.47. The van der Waals surface area contributed by atoms with Gasteiger partial charge in [-0.25, -0.2) is 13.4 Å². The van der Waals surface area contributed by atoms with E-state index in [0.717, 1.165) is 16.1 Å². The third kappa shape index (κ3) is 4.87. The summed E-state index contributed by atoms with van der Waals surface area (Å²) in [6.45, 7) is 1.91. The standard InChI is InChI=1S/C22H17ClN2O4S2/c1-14-20(15-7-9-16(23)10-8-15)24-22(30-14)25-21(26)19-12-11-17(29-19)13-31(27,28)18-5-3-2-4-6-18/h2-12H,13H2,1H3,(H,24,25,26). The van der Waals surface area contributed by atoms with Gasteiger partial charge in [0.25, 0.3) is 5.91 Å². The first-order chi connectivity index (χ1) is 14.8. The third-order valence-electron chi connectivity index (χ3n) is 4.45. The highest BCUT2D eigenvalue weighted by molar-refractivity contribution is 7.90. The molecule has 2 heterocycles. The van der Waals surface area contributed by atoms with Crippen LogP contribution >= 0.6 is 22.9 Å². The van der Waals surface area contributed by atoms with Crippen molar-refractivity contribution in [2.45, 2.75) is 17.6 Å². The molecule has 0 aliphatic rings. The molecule has 0 saturated heterocycles. The van der Waals surface area contributed by atoms with E-state index in [0.29, 0.717) is 10.2 Å². The lowest BCUT2D eigenvalue weighted by Crippen LogP contribution is -2.10. The summed E-state index contributed by atoms with van der Waals surface area (Å²) in [7, 11) is -3.57. The van der Waals surface area contributed by atoms with Gasteiger partial charge in [-0.15, -0.1) is 11.3 Å². The molecule has 0 bridgehead atoms. The van der Waals surface area contributed by atoms with Crippen LogP contribution in [-0.4, -0.2) is 19.3 Å². The summed E-state index contributed by atoms with van der Waals surface area (Å²) in [5.74, 6) is -0.633. The number of benzene rings is 2. The van der Waals surface area contributed by atoms with Crippen LogP contribution in [0, 0.1) is 6.92 Å². The Morgan fingerprint density at radius 3 is 2.48 bits per heavy atom. The van der Waals surface area contributed by atoms with Gasteiger partial charge in [-0.05, 0) is 43.3 Å². The van der Waals surface area contributed by atoms with Crippen LogP contribution in [0.15, 0.2) is 76.0 Å². The number of sulfone groups is 1. The Morgan fingerprint density at radius 1 is 1.06 bits per heavy atom. The number of nitrogens with one attached hydrogen (secondary N) is 1. The molecule has 4 aromatic rings. The van der Waals surface area contributed by atoms with E-state index in [9.17, 15) is 13.2 Å². The maximum Gasteiger partial charge on any atom is 0.293 e. The predicted molar refractivity (Wildman–Crippen MR) is 121 cm³/mol. The van der Waals surface area contributed by atoms with Crippen LogP contribution in [0.3, 0.4) is 0 Å². The van der Waals surface area contributed by atoms with Crippen LogP contribution in [0.5, 0.6) is 0 Å². The third-order valence-corrected chi connectivity index (χ3v) is 7.25. The van der Waals surface area contributed by atoms with Crippen LogP contribution in [0.4, 0.5) is 5.13 Å². The zero-order valence-corrected chi connectivity index (χ0v) is 18.7. The van der Waals surface area contributed by atoms with Crippen molar-refractivity contribution in [2.75, 3.05) is 5.32 Å². The number of hydrogen-bond donors (Lipinski definition) is 1. The van der Waals surface area contributed by atoms with Crippen molar-refractivity contribution in [3.63, 3.8) is 0 Å². The number of furan rings is 1. The van der Waals surface area contributed by atoms with E-state index in [1.54, 1.807) is 30.3 Å². The van der Waals surface area contributed by atoms with Gasteiger partial charge in [-0.1, -0.05) is 41.9 Å². The predicted octanol–water partition coefficient (Wildman–Crippen LogP) is 5.59. The fourth-order valence-corrected chi connectivity index (χ4v) is 5.19. The Bertz CT molecular complexity index is 1330. The van der Waals surface area contributed by atoms with E-state index in [2.05, 4.69) is 10.3 Å². The molecule has 0 aliphatic heterocycles. The average Bonchev–Trinajstić information content (AvgIpc) is 3.35. The summed E-state index contributed by atoms with van der Waals surface area (Å²) in [5, 5.41) is 3.76. The molecule has 6 nitrogen and oxygen atoms in total. The number of amides is 1. The van der Waals surface area contributed by atoms with Crippen molar-refractivity contribution < 1.29 is 17.6 Å². The SMILES string of the molecule is Cc1sc(NC(=O)c2ccc(CS(=O)(=O)c3ccccc3)o2)nc1-c1ccc(Cl)cc1. The second-order valence-electron chi connectivity index (χ2n) is 6.72. The molecule has 0 aliphatic carbocycles. The highest BCUT2D eigenvalue weighted by atomic mass is 35.5. The van der Waals surface area contributed by atoms with E-state index >= 15 is 0 Å². The first kappa shape index (κ1) is 21.3. The van der Waals surface area contributed by atoms with Gasteiger partial charge in [0.05, 0.1) is 10.6 Å². The first-order valence-corrected chi connectivity index (χ1v) is 12.1. The van der Waals surface area contributed by atoms with E-state index < -0.39 is 15.7 Å². The lowest BCUT2D eigenvalue weighted by Gasteiger charge is -2.02. The van der Waals surface area contributed by atoms with Crippen molar-refractivity contribution in [3.8, 4) is 11.3 Å². The Hall–Kier alpha value is -2.94. The molecule has 9 heteroatoms. The zero-order chi connectivity index (χ0) is 22.0. The Kier molecular flexibility index (Phi) is 5.95. The number of hydrogen-bond acceptors (Lipinski definition) is 6. The van der Waals surface area contributed by atoms with Gasteiger partial charge in [-0.2, -0.15) is 0 Å². The van der Waals surface area contributed by atoms with Crippen molar-refractivity contribution in [3.05, 3.63) is 88.2 Å². The number of aryl methyl sites for hydroxylation is 1. The number of aromatic nitrogens is 1. The fourth-order valence-electron chi connectivity index (χ4n) is 2.96. The summed E-state index contributed by atoms with van der Waals surface area (Å²) >= 11 is 7.27. The highest BCUT2D eigenvalue weighted by Gasteiger charge is 2.20. The molecule has 2 aromatic heterocycles. The molecule has 0 radical (unpaired) electrons. The summed E-state index contributed by atoms with van der Waals surface area (Å²) < 4.78 is 30.5. The minimum absolute atomic E-state index is 0.0131. The number of thiazole rings is 1. The van der Waals surface area contributed by atoms with Crippen molar-refractivity contribution in [2.24, 2.45) is 0 Å². The molecule has 0 spiro atoms. The second kappa shape index (κ2) is 8.66. The second-order valence-corrected chi connectivity index (χ2v) is 10.4. The summed E-state index contributed by atoms with van der Waals surface area (Å²) in [5.41, 5.74) is 1.65. The van der Waals surface area contributed by atoms with Crippen LogP contribution in [0.1, 0.15) is 21.2 Å². The number of halogens is 1. The van der Waals surface area contributed by atoms with E-state index in [1.165, 1.54) is 35.6 Å². The van der Waals surface area contributed by atoms with Crippen molar-refractivity contribution >= 4 is 43.8 Å². The maximum absolute atomic E-state index is 12.6. The van der Waals surface area contributed by atoms with Gasteiger partial charge in [0, 0.05) is 15.5 Å². The first-order valence-electron chi connectivity index (χ1n) is 9.23. The average molecular weight is 473 g/mol. The maximum atomic E-state index is 12.6. The number of nitrogens with zero attached hydrogens (tertiary/aromatic N) is 1. The fraction of sp³-hybridized carbons (Fsp3) is 0.0909. The molecule has 1 amide bonds. The van der Waals surface area contributed by atoms with Gasteiger partial charge in [0.15, 0.2) is 20.7 Å². The minimum Gasteiger partial charge on any atom is -0.455 e. The monoisotopic (exact) mass is 472 g/mol. The largest absolute Gasteiger partial charge is 0.455 e. The normalized spacial score (nSPS) is 11.4. The van der Waals surface area contributed by atoms with Crippen LogP contribution < -0.4 is 5.32 Å². The molecule has 158 valence electrons. The Morgan fingerprint density at radius 2 is 1.77 bits per heavy atom. The molecule has 4 rings (SSSR count). The van der Waals surface area contributed by atoms with Gasteiger partial charge in [0.1, 0.15) is 11.5 Å². The number of carbonyl (C=O) groups excluding carboxylic acids is 1. The van der Waals surface area contributed by atoms with Crippen molar-refractivity contribution in [1.82, 2.24) is 4.98 Å². The summed E-state index contributed by atoms with van der Waals surface area (Å²) in [4.78, 5) is 18.2. The molecule has 0 fully saturated rings. The van der Waals surface area contributed by atoms with Gasteiger partial charge >= 0.3 is 0 Å². The van der Waals surface area contributed by atoms with Crippen LogP contribution in [0.2, 0.25) is 5.02 Å². The lowest BCUT2D eigenvalue weighted by atomic mass is 10.1. The van der Waals surface area contributed by atoms with E-state index in [-0.39, 0.29) is 22.2 Å². The number of anilines is 1. The molecular weight excluding hydrogens is 456 g/mol. The summed E-state index contributed by atoms with van der Waals surface area (Å²) in [6, 6.07) is 18.3. The van der Waals surface area contributed by atoms with Crippen LogP contribution in [-0.2, 0) is 15.6 Å². The quantitative estimate of drug-likeness (QED) is 0.395. The molecule has 0 saturated carbocycles. The minimum atomic E-state index is -3.57. The lowest BCUT2D eigenvalue weighted by molar-refractivity contribution is 0.0995. The topological polar surface area (TPSA) is 89.3 Å². The van der Waals surface area contributed by atoms with Crippen LogP contribution in [0.25, 0.3) is 11.3 Å². The Labute approximate surface area is 188 Å². The van der Waals surface area contributed by atoms with Gasteiger partial charge < -0.3 is 4.42 Å². The number of rotatable bonds is 6. The summed E-state index contributed by atoms with van der Waals surface area (Å²) in [6.07, 6.45) is 0. The van der Waals surface area contributed by atoms with E-state index in [4.69, 9.17) is 16.0 Å². The molecule has 0 unspecified atom stereocenters. The molecule has 31 heavy (non-hydrogen) atoms. The molecular formula is C22H17ClN2O4S2. The van der Waals surface area contributed by atoms with E-state index in [1.807, 2.05) is 19.1 Å². The zero-order valence-electron chi connectivity index (χ0n) is 16.3. The van der Waals surface area contributed by atoms with Gasteiger partial charge in [-0.3, -0.25) is 10.1 Å². The molecule has 1 N–H and O–H groups in total. The van der Waals surface area contributed by atoms with Crippen molar-refractivity contribution in [1.29, 1.82) is 0 Å². The molecule has 0 atom stereocenters. The van der Waals surface area contributed by atoms with Gasteiger partial charge in [0.2, 0.25) is 0 Å². The molecule has 2 aromatic carbocycles. The highest BCUT2D eigenvalue weighted by Crippen LogP contribution is 2.31. The smallest absolute Gasteiger partial charge is 0.293 e. The number of carbonyl (C=O) groups is 1.